The van der Waals surface area contributed by atoms with Crippen molar-refractivity contribution in [2.75, 3.05) is 6.61 Å². The van der Waals surface area contributed by atoms with Crippen LogP contribution in [0.2, 0.25) is 0 Å². The summed E-state index contributed by atoms with van der Waals surface area (Å²) in [5, 5.41) is 18.2. The van der Waals surface area contributed by atoms with Gasteiger partial charge in [-0.2, -0.15) is 0 Å². The molecule has 1 heterocycles. The fourth-order valence-corrected chi connectivity index (χ4v) is 1.10. The van der Waals surface area contributed by atoms with Crippen LogP contribution in [0.5, 0.6) is 0 Å². The van der Waals surface area contributed by atoms with Gasteiger partial charge in [-0.1, -0.05) is 13.8 Å². The van der Waals surface area contributed by atoms with Crippen molar-refractivity contribution >= 4 is 0 Å². The summed E-state index contributed by atoms with van der Waals surface area (Å²) in [5.41, 5.74) is 0. The molecular formula is C7H14O3. The molecule has 0 saturated carbocycles. The Labute approximate surface area is 60.6 Å². The highest BCUT2D eigenvalue weighted by atomic mass is 16.6. The lowest BCUT2D eigenvalue weighted by molar-refractivity contribution is -0.218. The zero-order chi connectivity index (χ0) is 7.72. The largest absolute Gasteiger partial charge is 0.388 e. The van der Waals surface area contributed by atoms with E-state index in [9.17, 15) is 5.11 Å². The van der Waals surface area contributed by atoms with Gasteiger partial charge in [0, 0.05) is 0 Å². The van der Waals surface area contributed by atoms with Crippen LogP contribution in [-0.4, -0.2) is 29.2 Å². The molecule has 0 bridgehead atoms. The molecule has 0 amide bonds. The second-order valence-electron chi connectivity index (χ2n) is 3.05. The maximum absolute atomic E-state index is 9.24. The molecule has 4 atom stereocenters. The van der Waals surface area contributed by atoms with Crippen molar-refractivity contribution in [1.29, 1.82) is 0 Å². The molecular weight excluding hydrogens is 132 g/mol. The van der Waals surface area contributed by atoms with E-state index in [1.165, 1.54) is 0 Å². The van der Waals surface area contributed by atoms with Gasteiger partial charge in [0.2, 0.25) is 0 Å². The van der Waals surface area contributed by atoms with Gasteiger partial charge in [-0.15, -0.1) is 0 Å². The minimum atomic E-state index is -0.980. The Morgan fingerprint density at radius 2 is 1.90 bits per heavy atom. The molecule has 1 aliphatic rings. The molecule has 2 N–H and O–H groups in total. The predicted molar refractivity (Wildman–Crippen MR) is 36.3 cm³/mol. The third kappa shape index (κ3) is 1.31. The van der Waals surface area contributed by atoms with Gasteiger partial charge in [0.1, 0.15) is 6.10 Å². The molecule has 0 aliphatic carbocycles. The SMILES string of the molecule is C[C@@H]1[C@@H](O)[C@@H](O)OC[C@H]1C. The van der Waals surface area contributed by atoms with E-state index in [1.807, 2.05) is 13.8 Å². The standard InChI is InChI=1S/C7H14O3/c1-4-3-10-7(9)6(8)5(4)2/h4-9H,3H2,1-2H3/t4-,5+,6-,7+/m1/s1. The number of aliphatic hydroxyl groups is 2. The van der Waals surface area contributed by atoms with Crippen molar-refractivity contribution in [2.45, 2.75) is 26.2 Å². The zero-order valence-electron chi connectivity index (χ0n) is 6.32. The van der Waals surface area contributed by atoms with E-state index < -0.39 is 12.4 Å². The number of ether oxygens (including phenoxy) is 1. The summed E-state index contributed by atoms with van der Waals surface area (Å²) in [6.45, 7) is 4.46. The van der Waals surface area contributed by atoms with Gasteiger partial charge < -0.3 is 14.9 Å². The molecule has 1 aliphatic heterocycles. The summed E-state index contributed by atoms with van der Waals surface area (Å²) in [4.78, 5) is 0. The third-order valence-electron chi connectivity index (χ3n) is 2.26. The first-order valence-corrected chi connectivity index (χ1v) is 3.60. The third-order valence-corrected chi connectivity index (χ3v) is 2.26. The van der Waals surface area contributed by atoms with Crippen molar-refractivity contribution in [3.05, 3.63) is 0 Å². The van der Waals surface area contributed by atoms with Crippen LogP contribution in [0.15, 0.2) is 0 Å². The van der Waals surface area contributed by atoms with Crippen LogP contribution in [-0.2, 0) is 4.74 Å². The molecule has 0 aromatic heterocycles. The first kappa shape index (κ1) is 7.98. The Bertz CT molecular complexity index is 101. The van der Waals surface area contributed by atoms with Gasteiger partial charge >= 0.3 is 0 Å². The molecule has 0 radical (unpaired) electrons. The van der Waals surface area contributed by atoms with Gasteiger partial charge in [-0.3, -0.25) is 0 Å². The Kier molecular flexibility index (Phi) is 2.28. The lowest BCUT2D eigenvalue weighted by Gasteiger charge is -2.34. The summed E-state index contributed by atoms with van der Waals surface area (Å²) < 4.78 is 4.88. The van der Waals surface area contributed by atoms with Crippen LogP contribution in [0.25, 0.3) is 0 Å². The number of hydrogen-bond acceptors (Lipinski definition) is 3. The molecule has 0 aromatic carbocycles. The maximum Gasteiger partial charge on any atom is 0.181 e. The van der Waals surface area contributed by atoms with Crippen LogP contribution in [0.3, 0.4) is 0 Å². The van der Waals surface area contributed by atoms with Crippen molar-refractivity contribution in [3.8, 4) is 0 Å². The zero-order valence-corrected chi connectivity index (χ0v) is 6.32. The summed E-state index contributed by atoms with van der Waals surface area (Å²) in [7, 11) is 0. The van der Waals surface area contributed by atoms with E-state index >= 15 is 0 Å². The van der Waals surface area contributed by atoms with E-state index in [0.717, 1.165) is 0 Å². The fraction of sp³-hybridized carbons (Fsp3) is 1.00. The molecule has 1 fully saturated rings. The van der Waals surface area contributed by atoms with Crippen molar-refractivity contribution < 1.29 is 14.9 Å². The highest BCUT2D eigenvalue weighted by Crippen LogP contribution is 2.23. The van der Waals surface area contributed by atoms with Crippen LogP contribution < -0.4 is 0 Å². The monoisotopic (exact) mass is 146 g/mol. The average Bonchev–Trinajstić information content (AvgIpc) is 1.93. The molecule has 1 saturated heterocycles. The molecule has 0 spiro atoms. The van der Waals surface area contributed by atoms with E-state index in [0.29, 0.717) is 12.5 Å². The predicted octanol–water partition coefficient (Wildman–Crippen LogP) is -0.0319. The Morgan fingerprint density at radius 3 is 2.40 bits per heavy atom. The maximum atomic E-state index is 9.24. The number of aliphatic hydroxyl groups excluding tert-OH is 2. The molecule has 1 rings (SSSR count). The minimum Gasteiger partial charge on any atom is -0.388 e. The average molecular weight is 146 g/mol. The topological polar surface area (TPSA) is 49.7 Å². The first-order valence-electron chi connectivity index (χ1n) is 3.60. The summed E-state index contributed by atoms with van der Waals surface area (Å²) in [6, 6.07) is 0. The highest BCUT2D eigenvalue weighted by Gasteiger charge is 2.32. The van der Waals surface area contributed by atoms with Crippen LogP contribution in [0, 0.1) is 11.8 Å². The van der Waals surface area contributed by atoms with Gasteiger partial charge in [0.15, 0.2) is 6.29 Å². The highest BCUT2D eigenvalue weighted by molar-refractivity contribution is 4.76. The second-order valence-corrected chi connectivity index (χ2v) is 3.05. The van der Waals surface area contributed by atoms with E-state index in [-0.39, 0.29) is 5.92 Å². The molecule has 60 valence electrons. The molecule has 10 heavy (non-hydrogen) atoms. The normalized spacial score (nSPS) is 49.2. The van der Waals surface area contributed by atoms with Gasteiger partial charge in [0.05, 0.1) is 6.61 Å². The van der Waals surface area contributed by atoms with Crippen LogP contribution >= 0.6 is 0 Å². The van der Waals surface area contributed by atoms with E-state index in [4.69, 9.17) is 9.84 Å². The fourth-order valence-electron chi connectivity index (χ4n) is 1.10. The Balaban J connectivity index is 2.52. The van der Waals surface area contributed by atoms with Gasteiger partial charge in [-0.05, 0) is 11.8 Å². The van der Waals surface area contributed by atoms with Gasteiger partial charge in [0.25, 0.3) is 0 Å². The van der Waals surface area contributed by atoms with Crippen molar-refractivity contribution in [3.63, 3.8) is 0 Å². The van der Waals surface area contributed by atoms with Crippen molar-refractivity contribution in [1.82, 2.24) is 0 Å². The summed E-state index contributed by atoms with van der Waals surface area (Å²) in [6.07, 6.45) is -1.70. The van der Waals surface area contributed by atoms with E-state index in [1.54, 1.807) is 0 Å². The van der Waals surface area contributed by atoms with Crippen LogP contribution in [0.4, 0.5) is 0 Å². The number of hydrogen-bond donors (Lipinski definition) is 2. The van der Waals surface area contributed by atoms with Crippen molar-refractivity contribution in [2.24, 2.45) is 11.8 Å². The minimum absolute atomic E-state index is 0.128. The second kappa shape index (κ2) is 2.86. The molecule has 3 nitrogen and oxygen atoms in total. The molecule has 3 heteroatoms. The first-order chi connectivity index (χ1) is 4.63. The summed E-state index contributed by atoms with van der Waals surface area (Å²) >= 11 is 0. The molecule has 0 aromatic rings. The molecule has 0 unspecified atom stereocenters. The van der Waals surface area contributed by atoms with Crippen LogP contribution in [0.1, 0.15) is 13.8 Å². The number of rotatable bonds is 0. The lowest BCUT2D eigenvalue weighted by atomic mass is 9.89. The van der Waals surface area contributed by atoms with E-state index in [2.05, 4.69) is 0 Å². The van der Waals surface area contributed by atoms with Gasteiger partial charge in [-0.25, -0.2) is 0 Å². The Hall–Kier alpha value is -0.120. The smallest absolute Gasteiger partial charge is 0.181 e. The quantitative estimate of drug-likeness (QED) is 0.504. The summed E-state index contributed by atoms with van der Waals surface area (Å²) in [5.74, 6) is 0.460. The Morgan fingerprint density at radius 1 is 1.30 bits per heavy atom. The lowest BCUT2D eigenvalue weighted by Crippen LogP contribution is -2.43.